The Morgan fingerprint density at radius 3 is 2.22 bits per heavy atom. The fraction of sp³-hybridized carbons (Fsp3) is 0.667. The van der Waals surface area contributed by atoms with Crippen molar-refractivity contribution >= 4 is 36.4 Å². The van der Waals surface area contributed by atoms with E-state index in [-0.39, 0.29) is 36.1 Å². The lowest BCUT2D eigenvalue weighted by molar-refractivity contribution is -0.118. The smallest absolute Gasteiger partial charge is 0.224 e. The van der Waals surface area contributed by atoms with Gasteiger partial charge in [0.25, 0.3) is 0 Å². The molecule has 1 aromatic carbocycles. The summed E-state index contributed by atoms with van der Waals surface area (Å²) in [5, 5.41) is 3.07. The van der Waals surface area contributed by atoms with E-state index in [1.807, 2.05) is 12.1 Å². The van der Waals surface area contributed by atoms with Crippen LogP contribution in [0.25, 0.3) is 0 Å². The lowest BCUT2D eigenvalue weighted by Crippen LogP contribution is -2.36. The van der Waals surface area contributed by atoms with Gasteiger partial charge in [0.05, 0.1) is 0 Å². The second kappa shape index (κ2) is 11.9. The SMILES string of the molecule is Cl.Cl.NCC1(CC(=O)Nc2ccc(CCN3CCCC3)cc2)CCCCC1. The van der Waals surface area contributed by atoms with Crippen LogP contribution in [0, 0.1) is 5.41 Å². The van der Waals surface area contributed by atoms with Crippen LogP contribution in [-0.2, 0) is 11.2 Å². The van der Waals surface area contributed by atoms with E-state index in [2.05, 4.69) is 22.3 Å². The quantitative estimate of drug-likeness (QED) is 0.693. The highest BCUT2D eigenvalue weighted by molar-refractivity contribution is 5.91. The molecule has 0 spiro atoms. The lowest BCUT2D eigenvalue weighted by Gasteiger charge is -2.35. The molecule has 1 heterocycles. The van der Waals surface area contributed by atoms with Crippen molar-refractivity contribution in [2.24, 2.45) is 11.1 Å². The topological polar surface area (TPSA) is 58.4 Å². The molecule has 27 heavy (non-hydrogen) atoms. The molecule has 0 bridgehead atoms. The number of benzene rings is 1. The summed E-state index contributed by atoms with van der Waals surface area (Å²) in [4.78, 5) is 15.0. The highest BCUT2D eigenvalue weighted by Gasteiger charge is 2.32. The summed E-state index contributed by atoms with van der Waals surface area (Å²) in [6, 6.07) is 8.36. The van der Waals surface area contributed by atoms with Gasteiger partial charge >= 0.3 is 0 Å². The maximum Gasteiger partial charge on any atom is 0.224 e. The average Bonchev–Trinajstić information content (AvgIpc) is 3.15. The van der Waals surface area contributed by atoms with Crippen LogP contribution < -0.4 is 11.1 Å². The van der Waals surface area contributed by atoms with Gasteiger partial charge in [0.1, 0.15) is 0 Å². The molecular weight excluding hydrogens is 381 g/mol. The lowest BCUT2D eigenvalue weighted by atomic mass is 9.71. The maximum atomic E-state index is 12.5. The van der Waals surface area contributed by atoms with E-state index in [9.17, 15) is 4.79 Å². The molecule has 2 fully saturated rings. The second-order valence-corrected chi connectivity index (χ2v) is 7.99. The zero-order valence-corrected chi connectivity index (χ0v) is 17.9. The van der Waals surface area contributed by atoms with Crippen molar-refractivity contribution in [2.75, 3.05) is 31.5 Å². The van der Waals surface area contributed by atoms with E-state index < -0.39 is 0 Å². The van der Waals surface area contributed by atoms with Crippen molar-refractivity contribution in [1.29, 1.82) is 0 Å². The minimum atomic E-state index is 0. The van der Waals surface area contributed by atoms with Gasteiger partial charge in [-0.1, -0.05) is 31.4 Å². The van der Waals surface area contributed by atoms with Crippen LogP contribution >= 0.6 is 24.8 Å². The number of hydrogen-bond donors (Lipinski definition) is 2. The summed E-state index contributed by atoms with van der Waals surface area (Å²) in [5.74, 6) is 0.108. The number of carbonyl (C=O) groups is 1. The Balaban J connectivity index is 0.00000182. The highest BCUT2D eigenvalue weighted by atomic mass is 35.5. The van der Waals surface area contributed by atoms with Crippen LogP contribution in [0.15, 0.2) is 24.3 Å². The minimum absolute atomic E-state index is 0. The monoisotopic (exact) mass is 415 g/mol. The predicted molar refractivity (Wildman–Crippen MR) is 118 cm³/mol. The number of nitrogens with zero attached hydrogens (tertiary/aromatic N) is 1. The Morgan fingerprint density at radius 1 is 1.00 bits per heavy atom. The van der Waals surface area contributed by atoms with E-state index >= 15 is 0 Å². The van der Waals surface area contributed by atoms with Crippen LogP contribution in [-0.4, -0.2) is 37.0 Å². The van der Waals surface area contributed by atoms with Crippen LogP contribution in [0.5, 0.6) is 0 Å². The average molecular weight is 416 g/mol. The minimum Gasteiger partial charge on any atom is -0.330 e. The first kappa shape index (κ1) is 24.2. The normalized spacial score (nSPS) is 19.0. The number of likely N-dealkylation sites (tertiary alicyclic amines) is 1. The summed E-state index contributed by atoms with van der Waals surface area (Å²) < 4.78 is 0. The number of hydrogen-bond acceptors (Lipinski definition) is 3. The Bertz CT molecular complexity index is 553. The van der Waals surface area contributed by atoms with Gasteiger partial charge in [-0.05, 0) is 74.8 Å². The molecule has 1 aliphatic heterocycles. The van der Waals surface area contributed by atoms with Gasteiger partial charge in [-0.25, -0.2) is 0 Å². The van der Waals surface area contributed by atoms with Crippen molar-refractivity contribution in [3.63, 3.8) is 0 Å². The van der Waals surface area contributed by atoms with Gasteiger partial charge < -0.3 is 16.0 Å². The van der Waals surface area contributed by atoms with E-state index in [1.165, 1.54) is 50.8 Å². The van der Waals surface area contributed by atoms with Gasteiger partial charge in [0.2, 0.25) is 5.91 Å². The highest BCUT2D eigenvalue weighted by Crippen LogP contribution is 2.38. The number of anilines is 1. The molecule has 1 saturated heterocycles. The third kappa shape index (κ3) is 7.26. The summed E-state index contributed by atoms with van der Waals surface area (Å²) in [7, 11) is 0. The summed E-state index contributed by atoms with van der Waals surface area (Å²) >= 11 is 0. The van der Waals surface area contributed by atoms with Crippen molar-refractivity contribution in [3.8, 4) is 0 Å². The molecule has 0 aromatic heterocycles. The van der Waals surface area contributed by atoms with Gasteiger partial charge in [0.15, 0.2) is 0 Å². The molecule has 3 rings (SSSR count). The van der Waals surface area contributed by atoms with E-state index in [1.54, 1.807) is 0 Å². The van der Waals surface area contributed by atoms with Crippen molar-refractivity contribution in [1.82, 2.24) is 4.90 Å². The summed E-state index contributed by atoms with van der Waals surface area (Å²) in [6.07, 6.45) is 10.2. The Labute approximate surface area is 176 Å². The Morgan fingerprint density at radius 2 is 1.63 bits per heavy atom. The van der Waals surface area contributed by atoms with Gasteiger partial charge in [-0.15, -0.1) is 24.8 Å². The zero-order chi connectivity index (χ0) is 17.5. The first-order valence-electron chi connectivity index (χ1n) is 10.0. The zero-order valence-electron chi connectivity index (χ0n) is 16.3. The Hall–Kier alpha value is -0.810. The Kier molecular flexibility index (Phi) is 10.7. The number of amides is 1. The molecule has 0 unspecified atom stereocenters. The molecule has 1 amide bonds. The number of halogens is 2. The third-order valence-corrected chi connectivity index (χ3v) is 6.04. The number of nitrogens with one attached hydrogen (secondary N) is 1. The molecule has 6 heteroatoms. The standard InChI is InChI=1S/C21H33N3O.2ClH/c22-17-21(11-2-1-3-12-21)16-20(25)23-19-8-6-18(7-9-19)10-15-24-13-4-5-14-24;;/h6-9H,1-5,10-17,22H2,(H,23,25);2*1H. The number of rotatable bonds is 7. The van der Waals surface area contributed by atoms with Crippen molar-refractivity contribution < 1.29 is 4.79 Å². The van der Waals surface area contributed by atoms with Gasteiger partial charge in [0, 0.05) is 18.7 Å². The second-order valence-electron chi connectivity index (χ2n) is 7.99. The van der Waals surface area contributed by atoms with Crippen LogP contribution in [0.1, 0.15) is 56.9 Å². The number of carbonyl (C=O) groups excluding carboxylic acids is 1. The fourth-order valence-corrected chi connectivity index (χ4v) is 4.35. The molecule has 1 saturated carbocycles. The van der Waals surface area contributed by atoms with Gasteiger partial charge in [-0.3, -0.25) is 4.79 Å². The third-order valence-electron chi connectivity index (χ3n) is 6.04. The van der Waals surface area contributed by atoms with E-state index in [4.69, 9.17) is 5.73 Å². The summed E-state index contributed by atoms with van der Waals surface area (Å²) in [6.45, 7) is 4.26. The molecule has 1 aliphatic carbocycles. The molecular formula is C21H35Cl2N3O. The fourth-order valence-electron chi connectivity index (χ4n) is 4.35. The maximum absolute atomic E-state index is 12.5. The first-order chi connectivity index (χ1) is 12.2. The largest absolute Gasteiger partial charge is 0.330 e. The molecule has 0 atom stereocenters. The van der Waals surface area contributed by atoms with Crippen molar-refractivity contribution in [3.05, 3.63) is 29.8 Å². The van der Waals surface area contributed by atoms with Crippen LogP contribution in [0.4, 0.5) is 5.69 Å². The van der Waals surface area contributed by atoms with E-state index in [0.717, 1.165) is 31.5 Å². The van der Waals surface area contributed by atoms with E-state index in [0.29, 0.717) is 13.0 Å². The summed E-state index contributed by atoms with van der Waals surface area (Å²) in [5.41, 5.74) is 8.27. The first-order valence-corrected chi connectivity index (χ1v) is 10.0. The molecule has 154 valence electrons. The molecule has 2 aliphatic rings. The molecule has 4 nitrogen and oxygen atoms in total. The molecule has 1 aromatic rings. The molecule has 3 N–H and O–H groups in total. The predicted octanol–water partition coefficient (Wildman–Crippen LogP) is 4.41. The van der Waals surface area contributed by atoms with Crippen molar-refractivity contribution in [2.45, 2.75) is 57.8 Å². The van der Waals surface area contributed by atoms with Gasteiger partial charge in [-0.2, -0.15) is 0 Å². The van der Waals surface area contributed by atoms with Crippen LogP contribution in [0.2, 0.25) is 0 Å². The number of nitrogens with two attached hydrogens (primary N) is 1. The van der Waals surface area contributed by atoms with Crippen LogP contribution in [0.3, 0.4) is 0 Å². The molecule has 0 radical (unpaired) electrons.